The first-order chi connectivity index (χ1) is 9.22. The number of hydrogen-bond donors (Lipinski definition) is 2. The van der Waals surface area contributed by atoms with Crippen molar-refractivity contribution in [2.45, 2.75) is 27.2 Å². The maximum Gasteiger partial charge on any atom is 0.191 e. The molecule has 5 heteroatoms. The highest BCUT2D eigenvalue weighted by Crippen LogP contribution is 1.98. The minimum atomic E-state index is 0.708. The second-order valence-electron chi connectivity index (χ2n) is 5.32. The lowest BCUT2D eigenvalue weighted by Crippen LogP contribution is -2.44. The first-order valence-corrected chi connectivity index (χ1v) is 7.54. The van der Waals surface area contributed by atoms with Gasteiger partial charge >= 0.3 is 0 Å². The summed E-state index contributed by atoms with van der Waals surface area (Å²) < 4.78 is 5.34. The van der Waals surface area contributed by atoms with Crippen LogP contribution in [0.15, 0.2) is 4.99 Å². The SMILES string of the molecule is CCNC(=NCCC(C)C)NCCN1CCOCC1. The van der Waals surface area contributed by atoms with E-state index in [1.165, 1.54) is 0 Å². The fourth-order valence-electron chi connectivity index (χ4n) is 1.93. The molecule has 1 rings (SSSR count). The minimum Gasteiger partial charge on any atom is -0.379 e. The van der Waals surface area contributed by atoms with Crippen LogP contribution in [0, 0.1) is 5.92 Å². The lowest BCUT2D eigenvalue weighted by atomic mass is 10.1. The van der Waals surface area contributed by atoms with Gasteiger partial charge in [0.05, 0.1) is 13.2 Å². The topological polar surface area (TPSA) is 48.9 Å². The summed E-state index contributed by atoms with van der Waals surface area (Å²) >= 11 is 0. The van der Waals surface area contributed by atoms with Crippen molar-refractivity contribution in [3.63, 3.8) is 0 Å². The van der Waals surface area contributed by atoms with Crippen molar-refractivity contribution < 1.29 is 4.74 Å². The predicted molar refractivity (Wildman–Crippen MR) is 80.7 cm³/mol. The van der Waals surface area contributed by atoms with Gasteiger partial charge in [0.1, 0.15) is 0 Å². The number of rotatable bonds is 7. The van der Waals surface area contributed by atoms with Crippen LogP contribution in [0.3, 0.4) is 0 Å². The smallest absolute Gasteiger partial charge is 0.191 e. The van der Waals surface area contributed by atoms with E-state index in [1.807, 2.05) is 0 Å². The summed E-state index contributed by atoms with van der Waals surface area (Å²) in [5.41, 5.74) is 0. The first kappa shape index (κ1) is 16.2. The maximum absolute atomic E-state index is 5.34. The van der Waals surface area contributed by atoms with E-state index in [-0.39, 0.29) is 0 Å². The molecule has 0 unspecified atom stereocenters. The van der Waals surface area contributed by atoms with Crippen LogP contribution in [0.4, 0.5) is 0 Å². The quantitative estimate of drug-likeness (QED) is 0.533. The lowest BCUT2D eigenvalue weighted by molar-refractivity contribution is 0.0389. The Hall–Kier alpha value is -0.810. The molecule has 0 bridgehead atoms. The van der Waals surface area contributed by atoms with Gasteiger partial charge in [-0.1, -0.05) is 13.8 Å². The fourth-order valence-corrected chi connectivity index (χ4v) is 1.93. The normalized spacial score (nSPS) is 17.8. The molecule has 1 fully saturated rings. The molecule has 0 saturated carbocycles. The van der Waals surface area contributed by atoms with Crippen LogP contribution >= 0.6 is 0 Å². The molecule has 1 saturated heterocycles. The molecule has 19 heavy (non-hydrogen) atoms. The Morgan fingerprint density at radius 1 is 1.26 bits per heavy atom. The summed E-state index contributed by atoms with van der Waals surface area (Å²) in [6.45, 7) is 14.2. The third-order valence-electron chi connectivity index (χ3n) is 3.14. The third kappa shape index (κ3) is 8.06. The van der Waals surface area contributed by atoms with Crippen molar-refractivity contribution in [2.24, 2.45) is 10.9 Å². The van der Waals surface area contributed by atoms with Gasteiger partial charge in [-0.25, -0.2) is 0 Å². The zero-order valence-corrected chi connectivity index (χ0v) is 12.7. The standard InChI is InChI=1S/C14H30N4O/c1-4-15-14(16-6-5-13(2)3)17-7-8-18-9-11-19-12-10-18/h13H,4-12H2,1-3H3,(H2,15,16,17). The van der Waals surface area contributed by atoms with Crippen LogP contribution in [0.2, 0.25) is 0 Å². The molecule has 0 aromatic heterocycles. The average molecular weight is 270 g/mol. The second kappa shape index (κ2) is 10.0. The minimum absolute atomic E-state index is 0.708. The Morgan fingerprint density at radius 2 is 2.00 bits per heavy atom. The van der Waals surface area contributed by atoms with E-state index in [1.54, 1.807) is 0 Å². The van der Waals surface area contributed by atoms with Gasteiger partial charge in [0.2, 0.25) is 0 Å². The monoisotopic (exact) mass is 270 g/mol. The van der Waals surface area contributed by atoms with Gasteiger partial charge in [-0.2, -0.15) is 0 Å². The molecule has 0 spiro atoms. The number of ether oxygens (including phenoxy) is 1. The zero-order chi connectivity index (χ0) is 13.9. The molecule has 1 heterocycles. The van der Waals surface area contributed by atoms with E-state index >= 15 is 0 Å². The third-order valence-corrected chi connectivity index (χ3v) is 3.14. The summed E-state index contributed by atoms with van der Waals surface area (Å²) in [4.78, 5) is 7.01. The van der Waals surface area contributed by atoms with Crippen LogP contribution in [0.25, 0.3) is 0 Å². The second-order valence-corrected chi connectivity index (χ2v) is 5.32. The summed E-state index contributed by atoms with van der Waals surface area (Å²) in [5.74, 6) is 1.65. The number of morpholine rings is 1. The predicted octanol–water partition coefficient (Wildman–Crippen LogP) is 0.920. The molecule has 0 aliphatic carbocycles. The fraction of sp³-hybridized carbons (Fsp3) is 0.929. The van der Waals surface area contributed by atoms with Gasteiger partial charge in [-0.05, 0) is 19.3 Å². The summed E-state index contributed by atoms with van der Waals surface area (Å²) in [6, 6.07) is 0. The number of aliphatic imine (C=N–C) groups is 1. The van der Waals surface area contributed by atoms with Gasteiger partial charge in [-0.15, -0.1) is 0 Å². The van der Waals surface area contributed by atoms with Crippen LogP contribution in [-0.2, 0) is 4.74 Å². The van der Waals surface area contributed by atoms with Crippen LogP contribution in [0.5, 0.6) is 0 Å². The molecule has 0 aromatic carbocycles. The Labute approximate surface area is 117 Å². The Morgan fingerprint density at radius 3 is 2.63 bits per heavy atom. The van der Waals surface area contributed by atoms with Gasteiger partial charge in [0.25, 0.3) is 0 Å². The van der Waals surface area contributed by atoms with Gasteiger partial charge in [0.15, 0.2) is 5.96 Å². The molecule has 0 atom stereocenters. The zero-order valence-electron chi connectivity index (χ0n) is 12.7. The van der Waals surface area contributed by atoms with Crippen LogP contribution in [0.1, 0.15) is 27.2 Å². The van der Waals surface area contributed by atoms with Crippen molar-refractivity contribution in [1.29, 1.82) is 0 Å². The summed E-state index contributed by atoms with van der Waals surface area (Å²) in [6.07, 6.45) is 1.14. The molecule has 0 amide bonds. The molecule has 2 N–H and O–H groups in total. The van der Waals surface area contributed by atoms with Gasteiger partial charge in [-0.3, -0.25) is 9.89 Å². The van der Waals surface area contributed by atoms with Crippen molar-refractivity contribution in [3.8, 4) is 0 Å². The number of nitrogens with zero attached hydrogens (tertiary/aromatic N) is 2. The van der Waals surface area contributed by atoms with Gasteiger partial charge in [0, 0.05) is 39.3 Å². The van der Waals surface area contributed by atoms with Crippen molar-refractivity contribution in [3.05, 3.63) is 0 Å². The van der Waals surface area contributed by atoms with Crippen molar-refractivity contribution in [1.82, 2.24) is 15.5 Å². The molecule has 112 valence electrons. The van der Waals surface area contributed by atoms with Crippen LogP contribution in [-0.4, -0.2) is 63.3 Å². The summed E-state index contributed by atoms with van der Waals surface area (Å²) in [7, 11) is 0. The summed E-state index contributed by atoms with van der Waals surface area (Å²) in [5, 5.41) is 6.69. The Bertz CT molecular complexity index is 250. The van der Waals surface area contributed by atoms with E-state index in [0.29, 0.717) is 5.92 Å². The maximum atomic E-state index is 5.34. The number of nitrogens with one attached hydrogen (secondary N) is 2. The lowest BCUT2D eigenvalue weighted by Gasteiger charge is -2.26. The average Bonchev–Trinajstić information content (AvgIpc) is 2.39. The molecule has 0 aromatic rings. The molecule has 5 nitrogen and oxygen atoms in total. The molecule has 1 aliphatic heterocycles. The Kier molecular flexibility index (Phi) is 8.58. The first-order valence-electron chi connectivity index (χ1n) is 7.54. The van der Waals surface area contributed by atoms with Crippen LogP contribution < -0.4 is 10.6 Å². The van der Waals surface area contributed by atoms with E-state index in [9.17, 15) is 0 Å². The van der Waals surface area contributed by atoms with Gasteiger partial charge < -0.3 is 15.4 Å². The number of guanidine groups is 1. The van der Waals surface area contributed by atoms with E-state index < -0.39 is 0 Å². The van der Waals surface area contributed by atoms with E-state index in [0.717, 1.165) is 64.9 Å². The molecule has 0 radical (unpaired) electrons. The molecular formula is C14H30N4O. The highest BCUT2D eigenvalue weighted by Gasteiger charge is 2.09. The highest BCUT2D eigenvalue weighted by molar-refractivity contribution is 5.79. The molecular weight excluding hydrogens is 240 g/mol. The van der Waals surface area contributed by atoms with Crippen molar-refractivity contribution >= 4 is 5.96 Å². The van der Waals surface area contributed by atoms with Crippen molar-refractivity contribution in [2.75, 3.05) is 52.5 Å². The van der Waals surface area contributed by atoms with E-state index in [4.69, 9.17) is 4.74 Å². The molecule has 1 aliphatic rings. The Balaban J connectivity index is 2.20. The number of hydrogen-bond acceptors (Lipinski definition) is 3. The van der Waals surface area contributed by atoms with E-state index in [2.05, 4.69) is 41.3 Å². The highest BCUT2D eigenvalue weighted by atomic mass is 16.5. The largest absolute Gasteiger partial charge is 0.379 e.